The minimum atomic E-state index is 0.230. The molecule has 21 heavy (non-hydrogen) atoms. The molecule has 0 spiro atoms. The molecule has 3 nitrogen and oxygen atoms in total. The Morgan fingerprint density at radius 2 is 2.05 bits per heavy atom. The predicted molar refractivity (Wildman–Crippen MR) is 85.2 cm³/mol. The average molecular weight is 285 g/mol. The van der Waals surface area contributed by atoms with Gasteiger partial charge in [-0.05, 0) is 24.6 Å². The fraction of sp³-hybridized carbons (Fsp3) is 0.500. The lowest BCUT2D eigenvalue weighted by Crippen LogP contribution is -3.14. The Labute approximate surface area is 127 Å². The van der Waals surface area contributed by atoms with E-state index in [9.17, 15) is 4.79 Å². The Morgan fingerprint density at radius 3 is 2.71 bits per heavy atom. The molecule has 0 aliphatic carbocycles. The van der Waals surface area contributed by atoms with E-state index in [0.29, 0.717) is 18.5 Å². The van der Waals surface area contributed by atoms with Crippen LogP contribution in [0.1, 0.15) is 39.0 Å². The molecule has 1 aromatic carbocycles. The third-order valence-electron chi connectivity index (χ3n) is 4.92. The first-order valence-electron chi connectivity index (χ1n) is 8.12. The molecule has 1 N–H and O–H groups in total. The van der Waals surface area contributed by atoms with Crippen molar-refractivity contribution in [3.63, 3.8) is 0 Å². The summed E-state index contributed by atoms with van der Waals surface area (Å²) in [6, 6.07) is 11.4. The highest BCUT2D eigenvalue weighted by molar-refractivity contribution is 5.96. The molecule has 3 rings (SSSR count). The monoisotopic (exact) mass is 285 g/mol. The van der Waals surface area contributed by atoms with Crippen molar-refractivity contribution in [2.45, 2.75) is 51.1 Å². The summed E-state index contributed by atoms with van der Waals surface area (Å²) in [4.78, 5) is 16.2. The van der Waals surface area contributed by atoms with Crippen LogP contribution in [0.4, 0.5) is 5.69 Å². The second-order valence-corrected chi connectivity index (χ2v) is 6.30. The van der Waals surface area contributed by atoms with Gasteiger partial charge in [-0.3, -0.25) is 9.69 Å². The molecular formula is C18H25N2O+. The number of carbonyl (C=O) groups is 1. The Kier molecular flexibility index (Phi) is 4.11. The largest absolute Gasteiger partial charge is 0.329 e. The lowest BCUT2D eigenvalue weighted by molar-refractivity contribution is -0.911. The summed E-state index contributed by atoms with van der Waals surface area (Å²) in [5.41, 5.74) is 2.24. The van der Waals surface area contributed by atoms with E-state index >= 15 is 0 Å². The zero-order valence-corrected chi connectivity index (χ0v) is 13.0. The minimum Gasteiger partial charge on any atom is -0.329 e. The van der Waals surface area contributed by atoms with Crippen molar-refractivity contribution < 1.29 is 9.69 Å². The van der Waals surface area contributed by atoms with E-state index in [-0.39, 0.29) is 5.91 Å². The van der Waals surface area contributed by atoms with E-state index in [1.165, 1.54) is 18.5 Å². The Bertz CT molecular complexity index is 537. The minimum absolute atomic E-state index is 0.230. The summed E-state index contributed by atoms with van der Waals surface area (Å²) in [5, 5.41) is 0. The van der Waals surface area contributed by atoms with Gasteiger partial charge in [0.1, 0.15) is 6.04 Å². The first kappa shape index (κ1) is 14.3. The van der Waals surface area contributed by atoms with E-state index in [1.807, 2.05) is 35.2 Å². The molecule has 1 saturated heterocycles. The number of likely N-dealkylation sites (N-methyl/N-ethyl adjacent to an activating group) is 1. The zero-order chi connectivity index (χ0) is 14.8. The number of carbonyl (C=O) groups excluding carboxylic acids is 1. The van der Waals surface area contributed by atoms with Crippen LogP contribution in [0.3, 0.4) is 0 Å². The van der Waals surface area contributed by atoms with Crippen molar-refractivity contribution in [1.82, 2.24) is 0 Å². The molecule has 3 heteroatoms. The number of rotatable bonds is 4. The molecule has 2 aliphatic heterocycles. The summed E-state index contributed by atoms with van der Waals surface area (Å²) in [5.74, 6) is 0.230. The first-order valence-corrected chi connectivity index (χ1v) is 8.12. The van der Waals surface area contributed by atoms with Crippen LogP contribution >= 0.6 is 0 Å². The molecule has 2 heterocycles. The standard InChI is InChI=1S/C18H24N2O/c1-3-7-18(21)20(14-8-5-4-6-9-14)17-12-15-10-11-16(13-17)19(15)2/h4-6,8-9,12,15-16H,3,7,10-11,13H2,1-2H3/p+1/t15-,16+/m0/s1. The van der Waals surface area contributed by atoms with Gasteiger partial charge in [-0.2, -0.15) is 0 Å². The van der Waals surface area contributed by atoms with Crippen molar-refractivity contribution in [2.75, 3.05) is 11.9 Å². The van der Waals surface area contributed by atoms with E-state index in [0.717, 1.165) is 18.5 Å². The molecule has 1 amide bonds. The number of para-hydroxylation sites is 1. The van der Waals surface area contributed by atoms with Crippen LogP contribution in [0.25, 0.3) is 0 Å². The highest BCUT2D eigenvalue weighted by atomic mass is 16.2. The summed E-state index contributed by atoms with van der Waals surface area (Å²) in [6.45, 7) is 2.07. The summed E-state index contributed by atoms with van der Waals surface area (Å²) >= 11 is 0. The molecule has 3 atom stereocenters. The number of benzene rings is 1. The topological polar surface area (TPSA) is 24.8 Å². The number of nitrogens with zero attached hydrogens (tertiary/aromatic N) is 1. The predicted octanol–water partition coefficient (Wildman–Crippen LogP) is 2.15. The number of anilines is 1. The van der Waals surface area contributed by atoms with Gasteiger partial charge in [0, 0.05) is 37.1 Å². The highest BCUT2D eigenvalue weighted by Gasteiger charge is 2.40. The van der Waals surface area contributed by atoms with Gasteiger partial charge in [0.2, 0.25) is 5.91 Å². The molecule has 0 radical (unpaired) electrons. The molecule has 1 aromatic rings. The van der Waals surface area contributed by atoms with Crippen LogP contribution in [-0.2, 0) is 4.79 Å². The van der Waals surface area contributed by atoms with Crippen LogP contribution in [0.15, 0.2) is 42.1 Å². The van der Waals surface area contributed by atoms with E-state index in [2.05, 4.69) is 20.0 Å². The van der Waals surface area contributed by atoms with E-state index in [4.69, 9.17) is 0 Å². The number of fused-ring (bicyclic) bond motifs is 2. The van der Waals surface area contributed by atoms with Crippen LogP contribution in [0.2, 0.25) is 0 Å². The number of hydrogen-bond donors (Lipinski definition) is 1. The molecule has 1 unspecified atom stereocenters. The molecule has 1 fully saturated rings. The van der Waals surface area contributed by atoms with Crippen molar-refractivity contribution in [2.24, 2.45) is 0 Å². The van der Waals surface area contributed by atoms with Crippen molar-refractivity contribution in [3.05, 3.63) is 42.1 Å². The van der Waals surface area contributed by atoms with Gasteiger partial charge in [-0.25, -0.2) is 0 Å². The Morgan fingerprint density at radius 1 is 1.29 bits per heavy atom. The van der Waals surface area contributed by atoms with Crippen molar-refractivity contribution >= 4 is 11.6 Å². The van der Waals surface area contributed by atoms with Crippen molar-refractivity contribution in [3.8, 4) is 0 Å². The number of hydrogen-bond acceptors (Lipinski definition) is 1. The highest BCUT2D eigenvalue weighted by Crippen LogP contribution is 2.29. The molecule has 0 aromatic heterocycles. The smallest absolute Gasteiger partial charge is 0.231 e. The number of nitrogens with one attached hydrogen (secondary N) is 1. The van der Waals surface area contributed by atoms with E-state index in [1.54, 1.807) is 4.90 Å². The third kappa shape index (κ3) is 2.75. The van der Waals surface area contributed by atoms with Gasteiger partial charge in [-0.1, -0.05) is 25.1 Å². The first-order chi connectivity index (χ1) is 10.2. The second-order valence-electron chi connectivity index (χ2n) is 6.30. The van der Waals surface area contributed by atoms with Gasteiger partial charge in [0.15, 0.2) is 0 Å². The lowest BCUT2D eigenvalue weighted by atomic mass is 10.0. The lowest BCUT2D eigenvalue weighted by Gasteiger charge is -2.33. The van der Waals surface area contributed by atoms with Crippen LogP contribution in [-0.4, -0.2) is 25.0 Å². The fourth-order valence-corrected chi connectivity index (χ4v) is 3.71. The maximum atomic E-state index is 12.6. The normalized spacial score (nSPS) is 27.3. The Balaban J connectivity index is 1.93. The SMILES string of the molecule is CCCC(=O)N(C1=C[C@@H]2CC[C@H](C1)[NH+]2C)c1ccccc1. The molecule has 112 valence electrons. The zero-order valence-electron chi connectivity index (χ0n) is 13.0. The maximum absolute atomic E-state index is 12.6. The fourth-order valence-electron chi connectivity index (χ4n) is 3.71. The molecule has 2 aliphatic rings. The molecular weight excluding hydrogens is 260 g/mol. The van der Waals surface area contributed by atoms with Crippen LogP contribution in [0.5, 0.6) is 0 Å². The summed E-state index contributed by atoms with van der Waals surface area (Å²) < 4.78 is 0. The quantitative estimate of drug-likeness (QED) is 0.901. The van der Waals surface area contributed by atoms with Gasteiger partial charge in [0.25, 0.3) is 0 Å². The van der Waals surface area contributed by atoms with Gasteiger partial charge in [-0.15, -0.1) is 0 Å². The summed E-state index contributed by atoms with van der Waals surface area (Å²) in [7, 11) is 2.29. The number of amides is 1. The second kappa shape index (κ2) is 6.02. The number of quaternary nitrogens is 1. The Hall–Kier alpha value is -1.61. The van der Waals surface area contributed by atoms with E-state index < -0.39 is 0 Å². The molecule has 2 bridgehead atoms. The average Bonchev–Trinajstić information content (AvgIpc) is 2.71. The third-order valence-corrected chi connectivity index (χ3v) is 4.92. The van der Waals surface area contributed by atoms with Gasteiger partial charge >= 0.3 is 0 Å². The van der Waals surface area contributed by atoms with Crippen LogP contribution < -0.4 is 9.80 Å². The maximum Gasteiger partial charge on any atom is 0.231 e. The van der Waals surface area contributed by atoms with Gasteiger partial charge < -0.3 is 4.90 Å². The summed E-state index contributed by atoms with van der Waals surface area (Å²) in [6.07, 6.45) is 7.41. The van der Waals surface area contributed by atoms with Crippen LogP contribution in [0, 0.1) is 0 Å². The van der Waals surface area contributed by atoms with Gasteiger partial charge in [0.05, 0.1) is 13.1 Å². The molecule has 0 saturated carbocycles. The van der Waals surface area contributed by atoms with Crippen molar-refractivity contribution in [1.29, 1.82) is 0 Å².